The molecule has 2 atom stereocenters. The summed E-state index contributed by atoms with van der Waals surface area (Å²) in [5, 5.41) is 0. The van der Waals surface area contributed by atoms with Crippen molar-refractivity contribution in [1.82, 2.24) is 9.80 Å². The van der Waals surface area contributed by atoms with Crippen LogP contribution in [0.1, 0.15) is 32.1 Å². The van der Waals surface area contributed by atoms with Crippen LogP contribution in [0.4, 0.5) is 0 Å². The minimum atomic E-state index is 1.06. The summed E-state index contributed by atoms with van der Waals surface area (Å²) in [4.78, 5) is 5.46. The summed E-state index contributed by atoms with van der Waals surface area (Å²) in [5.74, 6) is 4.30. The van der Waals surface area contributed by atoms with Gasteiger partial charge in [-0.25, -0.2) is 0 Å². The van der Waals surface area contributed by atoms with E-state index >= 15 is 0 Å². The zero-order valence-corrected chi connectivity index (χ0v) is 11.0. The minimum Gasteiger partial charge on any atom is -0.303 e. The molecule has 6 saturated heterocycles. The third-order valence-electron chi connectivity index (χ3n) is 6.19. The Balaban J connectivity index is 1.41. The summed E-state index contributed by atoms with van der Waals surface area (Å²) in [7, 11) is 0. The van der Waals surface area contributed by atoms with Gasteiger partial charge in [-0.15, -0.1) is 0 Å². The van der Waals surface area contributed by atoms with Crippen molar-refractivity contribution in [3.63, 3.8) is 0 Å². The van der Waals surface area contributed by atoms with E-state index in [1.165, 1.54) is 65.0 Å². The predicted octanol–water partition coefficient (Wildman–Crippen LogP) is 2.06. The van der Waals surface area contributed by atoms with E-state index in [1.807, 2.05) is 0 Å². The lowest BCUT2D eigenvalue weighted by molar-refractivity contribution is -0.00435. The molecule has 0 aliphatic carbocycles. The van der Waals surface area contributed by atoms with Crippen LogP contribution in [0.2, 0.25) is 0 Å². The first-order chi connectivity index (χ1) is 8.38. The van der Waals surface area contributed by atoms with Gasteiger partial charge in [-0.1, -0.05) is 0 Å². The Bertz CT molecular complexity index is 247. The molecule has 0 aromatic heterocycles. The number of rotatable bonds is 2. The summed E-state index contributed by atoms with van der Waals surface area (Å²) in [6.45, 7) is 8.49. The molecule has 17 heavy (non-hydrogen) atoms. The van der Waals surface area contributed by atoms with E-state index < -0.39 is 0 Å². The first-order valence-corrected chi connectivity index (χ1v) is 7.83. The second kappa shape index (κ2) is 4.24. The predicted molar refractivity (Wildman–Crippen MR) is 69.9 cm³/mol. The molecule has 2 heteroatoms. The van der Waals surface area contributed by atoms with Gasteiger partial charge < -0.3 is 9.80 Å². The molecule has 6 rings (SSSR count). The fraction of sp³-hybridized carbons (Fsp3) is 1.00. The van der Waals surface area contributed by atoms with Gasteiger partial charge >= 0.3 is 0 Å². The Morgan fingerprint density at radius 3 is 1.35 bits per heavy atom. The molecule has 0 radical (unpaired) electrons. The molecule has 4 bridgehead atoms. The van der Waals surface area contributed by atoms with E-state index in [0.29, 0.717) is 0 Å². The third kappa shape index (κ3) is 1.94. The molecule has 0 amide bonds. The second-order valence-corrected chi connectivity index (χ2v) is 7.03. The van der Waals surface area contributed by atoms with Crippen LogP contribution in [0, 0.1) is 23.7 Å². The maximum absolute atomic E-state index is 2.73. The average Bonchev–Trinajstić information content (AvgIpc) is 2.41. The van der Waals surface area contributed by atoms with Crippen molar-refractivity contribution >= 4 is 0 Å². The molecule has 0 saturated carbocycles. The average molecular weight is 234 g/mol. The number of hydrogen-bond donors (Lipinski definition) is 0. The van der Waals surface area contributed by atoms with Crippen molar-refractivity contribution in [2.24, 2.45) is 23.7 Å². The van der Waals surface area contributed by atoms with Gasteiger partial charge in [-0.2, -0.15) is 0 Å². The van der Waals surface area contributed by atoms with Crippen molar-refractivity contribution in [3.8, 4) is 0 Å². The van der Waals surface area contributed by atoms with Crippen LogP contribution < -0.4 is 0 Å². The Hall–Kier alpha value is -0.0800. The van der Waals surface area contributed by atoms with Crippen molar-refractivity contribution in [3.05, 3.63) is 0 Å². The number of hydrogen-bond acceptors (Lipinski definition) is 2. The van der Waals surface area contributed by atoms with Gasteiger partial charge in [0.2, 0.25) is 0 Å². The molecule has 6 aliphatic rings. The monoisotopic (exact) mass is 234 g/mol. The molecule has 0 aromatic carbocycles. The van der Waals surface area contributed by atoms with Crippen LogP contribution >= 0.6 is 0 Å². The van der Waals surface area contributed by atoms with E-state index in [4.69, 9.17) is 0 Å². The third-order valence-corrected chi connectivity index (χ3v) is 6.19. The maximum Gasteiger partial charge on any atom is 0.00124 e. The van der Waals surface area contributed by atoms with Crippen molar-refractivity contribution in [1.29, 1.82) is 0 Å². The van der Waals surface area contributed by atoms with Crippen molar-refractivity contribution < 1.29 is 0 Å². The molecule has 6 heterocycles. The van der Waals surface area contributed by atoms with E-state index in [-0.39, 0.29) is 0 Å². The standard InChI is InChI=1S/C15H26N2/c1-5-16-6-2-12(1)14(10-16)9-15-11-17-7-3-13(15)4-8-17/h12-15H,1-11H2. The molecule has 2 nitrogen and oxygen atoms in total. The summed E-state index contributed by atoms with van der Waals surface area (Å²) in [5.41, 5.74) is 0. The number of fused-ring (bicyclic) bond motifs is 6. The van der Waals surface area contributed by atoms with Gasteiger partial charge in [-0.3, -0.25) is 0 Å². The smallest absolute Gasteiger partial charge is 0.00124 e. The second-order valence-electron chi connectivity index (χ2n) is 7.03. The molecule has 2 unspecified atom stereocenters. The van der Waals surface area contributed by atoms with Gasteiger partial charge in [0.1, 0.15) is 0 Å². The van der Waals surface area contributed by atoms with Gasteiger partial charge in [0, 0.05) is 13.1 Å². The lowest BCUT2D eigenvalue weighted by Gasteiger charge is -2.50. The number of nitrogens with zero attached hydrogens (tertiary/aromatic N) is 2. The van der Waals surface area contributed by atoms with Gasteiger partial charge in [0.15, 0.2) is 0 Å². The lowest BCUT2D eigenvalue weighted by Crippen LogP contribution is -2.51. The van der Waals surface area contributed by atoms with Crippen LogP contribution in [0.3, 0.4) is 0 Å². The van der Waals surface area contributed by atoms with Gasteiger partial charge in [0.25, 0.3) is 0 Å². The van der Waals surface area contributed by atoms with E-state index in [1.54, 1.807) is 6.42 Å². The summed E-state index contributed by atoms with van der Waals surface area (Å²) >= 11 is 0. The van der Waals surface area contributed by atoms with Crippen LogP contribution in [-0.2, 0) is 0 Å². The highest BCUT2D eigenvalue weighted by Crippen LogP contribution is 2.41. The Labute approximate surface area is 105 Å². The van der Waals surface area contributed by atoms with Crippen molar-refractivity contribution in [2.75, 3.05) is 39.3 Å². The zero-order chi connectivity index (χ0) is 11.2. The minimum absolute atomic E-state index is 1.06. The Morgan fingerprint density at radius 2 is 1.06 bits per heavy atom. The van der Waals surface area contributed by atoms with E-state index in [9.17, 15) is 0 Å². The highest BCUT2D eigenvalue weighted by molar-refractivity contribution is 4.92. The van der Waals surface area contributed by atoms with Crippen LogP contribution in [0.5, 0.6) is 0 Å². The fourth-order valence-corrected chi connectivity index (χ4v) is 5.10. The molecule has 0 spiro atoms. The molecule has 0 aromatic rings. The highest BCUT2D eigenvalue weighted by Gasteiger charge is 2.39. The largest absolute Gasteiger partial charge is 0.303 e. The molecule has 6 aliphatic heterocycles. The quantitative estimate of drug-likeness (QED) is 0.721. The fourth-order valence-electron chi connectivity index (χ4n) is 5.10. The zero-order valence-electron chi connectivity index (χ0n) is 11.0. The molecule has 6 fully saturated rings. The Kier molecular flexibility index (Phi) is 2.69. The molecule has 0 N–H and O–H groups in total. The van der Waals surface area contributed by atoms with Crippen LogP contribution in [0.25, 0.3) is 0 Å². The van der Waals surface area contributed by atoms with Crippen LogP contribution in [0.15, 0.2) is 0 Å². The van der Waals surface area contributed by atoms with E-state index in [2.05, 4.69) is 9.80 Å². The van der Waals surface area contributed by atoms with Gasteiger partial charge in [0.05, 0.1) is 0 Å². The molecular weight excluding hydrogens is 208 g/mol. The van der Waals surface area contributed by atoms with Crippen LogP contribution in [-0.4, -0.2) is 49.1 Å². The maximum atomic E-state index is 2.73. The SMILES string of the molecule is C1CN2CCC1C(CC1CN3CCC1CC3)C2. The highest BCUT2D eigenvalue weighted by atomic mass is 15.2. The normalized spacial score (nSPS) is 52.9. The van der Waals surface area contributed by atoms with Crippen molar-refractivity contribution in [2.45, 2.75) is 32.1 Å². The molecule has 96 valence electrons. The Morgan fingerprint density at radius 1 is 0.647 bits per heavy atom. The first-order valence-electron chi connectivity index (χ1n) is 7.83. The molecular formula is C15H26N2. The first kappa shape index (κ1) is 10.8. The van der Waals surface area contributed by atoms with E-state index in [0.717, 1.165) is 23.7 Å². The topological polar surface area (TPSA) is 6.48 Å². The lowest BCUT2D eigenvalue weighted by atomic mass is 9.69. The summed E-state index contributed by atoms with van der Waals surface area (Å²) in [6, 6.07) is 0. The summed E-state index contributed by atoms with van der Waals surface area (Å²) < 4.78 is 0. The number of piperidine rings is 6. The van der Waals surface area contributed by atoms with Gasteiger partial charge in [-0.05, 0) is 82.0 Å². The summed E-state index contributed by atoms with van der Waals surface area (Å²) in [6.07, 6.45) is 7.58.